The average Bonchev–Trinajstić information content (AvgIpc) is 2.35. The van der Waals surface area contributed by atoms with Crippen LogP contribution in [-0.2, 0) is 6.42 Å². The molecule has 1 aromatic heterocycles. The lowest BCUT2D eigenvalue weighted by atomic mass is 10.1. The van der Waals surface area contributed by atoms with Gasteiger partial charge >= 0.3 is 0 Å². The van der Waals surface area contributed by atoms with Gasteiger partial charge in [0.2, 0.25) is 0 Å². The highest BCUT2D eigenvalue weighted by Gasteiger charge is 2.13. The predicted octanol–water partition coefficient (Wildman–Crippen LogP) is 3.61. The Morgan fingerprint density at radius 1 is 1.33 bits per heavy atom. The maximum atomic E-state index is 13.5. The van der Waals surface area contributed by atoms with Gasteiger partial charge in [-0.25, -0.2) is 4.39 Å². The Hall–Kier alpha value is -1.74. The third-order valence-corrected chi connectivity index (χ3v) is 2.78. The summed E-state index contributed by atoms with van der Waals surface area (Å²) in [6.07, 6.45) is 1.74. The number of halogens is 2. The number of benzene rings is 1. The maximum absolute atomic E-state index is 13.5. The fraction of sp³-hybridized carbons (Fsp3) is 0.143. The minimum atomic E-state index is -0.559. The van der Waals surface area contributed by atoms with E-state index in [9.17, 15) is 9.18 Å². The van der Waals surface area contributed by atoms with E-state index in [1.54, 1.807) is 12.3 Å². The van der Waals surface area contributed by atoms with Crippen LogP contribution in [0.4, 0.5) is 4.39 Å². The molecule has 0 aliphatic rings. The number of ketones is 1. The summed E-state index contributed by atoms with van der Waals surface area (Å²) in [5, 5.41) is 0.344. The van der Waals surface area contributed by atoms with Crippen molar-refractivity contribution in [2.45, 2.75) is 13.3 Å². The van der Waals surface area contributed by atoms with Gasteiger partial charge in [0, 0.05) is 16.9 Å². The van der Waals surface area contributed by atoms with Crippen LogP contribution in [0.15, 0.2) is 36.5 Å². The molecule has 0 unspecified atom stereocenters. The number of hydrogen-bond acceptors (Lipinski definition) is 2. The Balaban J connectivity index is 2.21. The number of carbonyl (C=O) groups is 1. The van der Waals surface area contributed by atoms with Crippen molar-refractivity contribution in [3.05, 3.63) is 64.2 Å². The first kappa shape index (κ1) is 12.7. The van der Waals surface area contributed by atoms with Crippen molar-refractivity contribution in [3.63, 3.8) is 0 Å². The normalized spacial score (nSPS) is 10.4. The topological polar surface area (TPSA) is 30.0 Å². The highest BCUT2D eigenvalue weighted by atomic mass is 35.5. The summed E-state index contributed by atoms with van der Waals surface area (Å²) < 4.78 is 13.5. The lowest BCUT2D eigenvalue weighted by Gasteiger charge is -2.03. The molecule has 18 heavy (non-hydrogen) atoms. The highest BCUT2D eigenvalue weighted by Crippen LogP contribution is 2.16. The summed E-state index contributed by atoms with van der Waals surface area (Å²) in [7, 11) is 0. The molecular weight excluding hydrogens is 253 g/mol. The van der Waals surface area contributed by atoms with Crippen LogP contribution in [-0.4, -0.2) is 10.8 Å². The highest BCUT2D eigenvalue weighted by molar-refractivity contribution is 6.31. The molecule has 1 heterocycles. The molecule has 0 saturated carbocycles. The monoisotopic (exact) mass is 263 g/mol. The van der Waals surface area contributed by atoms with E-state index in [0.29, 0.717) is 10.7 Å². The Kier molecular flexibility index (Phi) is 3.72. The van der Waals surface area contributed by atoms with Crippen LogP contribution in [0.2, 0.25) is 5.02 Å². The number of aromatic nitrogens is 1. The summed E-state index contributed by atoms with van der Waals surface area (Å²) in [4.78, 5) is 16.1. The second-order valence-electron chi connectivity index (χ2n) is 4.05. The third kappa shape index (κ3) is 2.93. The zero-order valence-corrected chi connectivity index (χ0v) is 10.5. The molecular formula is C14H11ClFNO. The number of hydrogen-bond donors (Lipinski definition) is 0. The van der Waals surface area contributed by atoms with E-state index in [-0.39, 0.29) is 17.8 Å². The molecule has 0 radical (unpaired) electrons. The van der Waals surface area contributed by atoms with Gasteiger partial charge in [-0.05, 0) is 36.8 Å². The maximum Gasteiger partial charge on any atom is 0.171 e. The molecule has 0 aliphatic heterocycles. The molecule has 0 fully saturated rings. The number of aryl methyl sites for hydroxylation is 1. The number of nitrogens with zero attached hydrogens (tertiary/aromatic N) is 1. The zero-order chi connectivity index (χ0) is 13.1. The predicted molar refractivity (Wildman–Crippen MR) is 68.4 cm³/mol. The molecule has 2 rings (SSSR count). The van der Waals surface area contributed by atoms with Gasteiger partial charge in [-0.2, -0.15) is 0 Å². The second-order valence-corrected chi connectivity index (χ2v) is 4.49. The van der Waals surface area contributed by atoms with Crippen LogP contribution >= 0.6 is 11.6 Å². The number of carbonyl (C=O) groups excluding carboxylic acids is 1. The lowest BCUT2D eigenvalue weighted by molar-refractivity contribution is 0.0988. The molecule has 0 saturated heterocycles. The van der Waals surface area contributed by atoms with Gasteiger partial charge in [0.15, 0.2) is 5.78 Å². The van der Waals surface area contributed by atoms with E-state index in [2.05, 4.69) is 4.98 Å². The zero-order valence-electron chi connectivity index (χ0n) is 9.78. The quantitative estimate of drug-likeness (QED) is 0.792. The molecule has 2 aromatic rings. The first-order chi connectivity index (χ1) is 8.56. The molecule has 0 N–H and O–H groups in total. The van der Waals surface area contributed by atoms with Crippen molar-refractivity contribution >= 4 is 17.4 Å². The fourth-order valence-electron chi connectivity index (χ4n) is 1.57. The average molecular weight is 264 g/mol. The molecule has 92 valence electrons. The van der Waals surface area contributed by atoms with Gasteiger partial charge < -0.3 is 0 Å². The fourth-order valence-corrected chi connectivity index (χ4v) is 1.75. The smallest absolute Gasteiger partial charge is 0.171 e. The van der Waals surface area contributed by atoms with E-state index in [0.717, 1.165) is 5.56 Å². The Bertz CT molecular complexity index is 581. The largest absolute Gasteiger partial charge is 0.294 e. The molecule has 0 aliphatic carbocycles. The van der Waals surface area contributed by atoms with Gasteiger partial charge in [-0.3, -0.25) is 9.78 Å². The molecule has 0 amide bonds. The van der Waals surface area contributed by atoms with Gasteiger partial charge in [-0.1, -0.05) is 17.7 Å². The molecule has 0 atom stereocenters. The Labute approximate surface area is 109 Å². The van der Waals surface area contributed by atoms with Crippen LogP contribution in [0.1, 0.15) is 21.6 Å². The van der Waals surface area contributed by atoms with Crippen molar-refractivity contribution < 1.29 is 9.18 Å². The van der Waals surface area contributed by atoms with Crippen molar-refractivity contribution in [1.82, 2.24) is 4.98 Å². The Morgan fingerprint density at radius 3 is 2.78 bits per heavy atom. The summed E-state index contributed by atoms with van der Waals surface area (Å²) in [6.45, 7) is 1.91. The second kappa shape index (κ2) is 5.27. The van der Waals surface area contributed by atoms with Crippen molar-refractivity contribution in [2.24, 2.45) is 0 Å². The van der Waals surface area contributed by atoms with Gasteiger partial charge in [0.1, 0.15) is 5.82 Å². The first-order valence-corrected chi connectivity index (χ1v) is 5.84. The van der Waals surface area contributed by atoms with Gasteiger partial charge in [-0.15, -0.1) is 0 Å². The number of Topliss-reactive ketones (excluding diaryl/α,β-unsaturated/α-hetero) is 1. The summed E-state index contributed by atoms with van der Waals surface area (Å²) in [6, 6.07) is 7.57. The van der Waals surface area contributed by atoms with Gasteiger partial charge in [0.05, 0.1) is 12.0 Å². The molecule has 4 heteroatoms. The van der Waals surface area contributed by atoms with Crippen LogP contribution in [0.3, 0.4) is 0 Å². The SMILES string of the molecule is Cc1ccc(CC(=O)c2cc(Cl)ccc2F)nc1. The van der Waals surface area contributed by atoms with Crippen molar-refractivity contribution in [3.8, 4) is 0 Å². The van der Waals surface area contributed by atoms with E-state index < -0.39 is 5.82 Å². The van der Waals surface area contributed by atoms with E-state index in [1.165, 1.54) is 18.2 Å². The van der Waals surface area contributed by atoms with E-state index in [4.69, 9.17) is 11.6 Å². The third-order valence-electron chi connectivity index (χ3n) is 2.54. The standard InChI is InChI=1S/C14H11ClFNO/c1-9-2-4-11(17-8-9)7-14(18)12-6-10(15)3-5-13(12)16/h2-6,8H,7H2,1H3. The van der Waals surface area contributed by atoms with E-state index >= 15 is 0 Å². The molecule has 0 spiro atoms. The number of rotatable bonds is 3. The summed E-state index contributed by atoms with van der Waals surface area (Å²) >= 11 is 5.75. The molecule has 1 aromatic carbocycles. The summed E-state index contributed by atoms with van der Waals surface area (Å²) in [5.41, 5.74) is 1.63. The lowest BCUT2D eigenvalue weighted by Crippen LogP contribution is -2.07. The molecule has 2 nitrogen and oxygen atoms in total. The van der Waals surface area contributed by atoms with Crippen LogP contribution < -0.4 is 0 Å². The Morgan fingerprint density at radius 2 is 2.11 bits per heavy atom. The molecule has 0 bridgehead atoms. The summed E-state index contributed by atoms with van der Waals surface area (Å²) in [5.74, 6) is -0.886. The van der Waals surface area contributed by atoms with Crippen LogP contribution in [0.25, 0.3) is 0 Å². The van der Waals surface area contributed by atoms with Crippen molar-refractivity contribution in [1.29, 1.82) is 0 Å². The van der Waals surface area contributed by atoms with Crippen molar-refractivity contribution in [2.75, 3.05) is 0 Å². The van der Waals surface area contributed by atoms with Gasteiger partial charge in [0.25, 0.3) is 0 Å². The minimum absolute atomic E-state index is 0.00451. The van der Waals surface area contributed by atoms with Crippen LogP contribution in [0.5, 0.6) is 0 Å². The first-order valence-electron chi connectivity index (χ1n) is 5.46. The minimum Gasteiger partial charge on any atom is -0.294 e. The van der Waals surface area contributed by atoms with Crippen LogP contribution in [0, 0.1) is 12.7 Å². The number of pyridine rings is 1. The van der Waals surface area contributed by atoms with E-state index in [1.807, 2.05) is 13.0 Å².